The maximum Gasteiger partial charge on any atom is 0.0768 e. The van der Waals surface area contributed by atoms with Gasteiger partial charge in [0.2, 0.25) is 0 Å². The minimum absolute atomic E-state index is 1.01. The van der Waals surface area contributed by atoms with Gasteiger partial charge in [0.1, 0.15) is 0 Å². The molecule has 0 amide bonds. The minimum Gasteiger partial charge on any atom is -0.362 e. The van der Waals surface area contributed by atoms with Gasteiger partial charge in [0.25, 0.3) is 0 Å². The van der Waals surface area contributed by atoms with Crippen LogP contribution in [0.1, 0.15) is 24.8 Å². The Labute approximate surface area is 99.9 Å². The van der Waals surface area contributed by atoms with E-state index >= 15 is 0 Å². The van der Waals surface area contributed by atoms with Crippen molar-refractivity contribution in [3.05, 3.63) is 46.6 Å². The van der Waals surface area contributed by atoms with E-state index in [1.54, 1.807) is 0 Å². The zero-order valence-electron chi connectivity index (χ0n) is 8.82. The summed E-state index contributed by atoms with van der Waals surface area (Å²) in [6.45, 7) is 2.17. The summed E-state index contributed by atoms with van der Waals surface area (Å²) in [5.41, 5.74) is 1.38. The molecule has 0 aliphatic carbocycles. The van der Waals surface area contributed by atoms with Crippen LogP contribution < -0.4 is 0 Å². The molecule has 1 aromatic carbocycles. The van der Waals surface area contributed by atoms with Crippen LogP contribution in [0.5, 0.6) is 0 Å². The second kappa shape index (κ2) is 5.36. The Balaban J connectivity index is 2.04. The van der Waals surface area contributed by atoms with Crippen LogP contribution in [0.4, 0.5) is 0 Å². The van der Waals surface area contributed by atoms with E-state index < -0.39 is 0 Å². The van der Waals surface area contributed by atoms with Gasteiger partial charge >= 0.3 is 0 Å². The number of nitrogens with zero attached hydrogens (tertiary/aromatic N) is 1. The Morgan fingerprint density at radius 3 is 2.73 bits per heavy atom. The zero-order chi connectivity index (χ0) is 10.5. The molecular formula is C13H16BrN. The highest BCUT2D eigenvalue weighted by molar-refractivity contribution is 9.11. The molecule has 0 radical (unpaired) electrons. The van der Waals surface area contributed by atoms with Gasteiger partial charge in [-0.2, -0.15) is 0 Å². The molecule has 1 aromatic rings. The molecule has 0 spiro atoms. The summed E-state index contributed by atoms with van der Waals surface area (Å²) < 4.78 is 1.25. The lowest BCUT2D eigenvalue weighted by molar-refractivity contribution is 0.360. The Bertz CT molecular complexity index is 332. The Kier molecular flexibility index (Phi) is 3.84. The number of benzene rings is 1. The molecular weight excluding hydrogens is 250 g/mol. The van der Waals surface area contributed by atoms with Gasteiger partial charge in [-0.25, -0.2) is 0 Å². The highest BCUT2D eigenvalue weighted by Gasteiger charge is 2.09. The van der Waals surface area contributed by atoms with Crippen molar-refractivity contribution in [1.29, 1.82) is 0 Å². The topological polar surface area (TPSA) is 3.24 Å². The first-order chi connectivity index (χ1) is 7.36. The van der Waals surface area contributed by atoms with Crippen molar-refractivity contribution in [3.8, 4) is 0 Å². The Hall–Kier alpha value is -0.760. The highest BCUT2D eigenvalue weighted by atomic mass is 79.9. The molecule has 1 aliphatic heterocycles. The fourth-order valence-electron chi connectivity index (χ4n) is 1.86. The van der Waals surface area contributed by atoms with E-state index in [0.717, 1.165) is 13.1 Å². The lowest BCUT2D eigenvalue weighted by Crippen LogP contribution is -2.20. The third-order valence-electron chi connectivity index (χ3n) is 2.71. The summed E-state index contributed by atoms with van der Waals surface area (Å²) in [5.74, 6) is 0. The normalized spacial score (nSPS) is 17.1. The zero-order valence-corrected chi connectivity index (χ0v) is 10.4. The van der Waals surface area contributed by atoms with Crippen molar-refractivity contribution in [2.24, 2.45) is 0 Å². The lowest BCUT2D eigenvalue weighted by atomic mass is 10.2. The standard InChI is InChI=1S/C13H16BrN/c14-13-9-5-2-6-10-15(13)11-12-7-3-1-4-8-12/h1,3-4,7-9H,2,5-6,10-11H2. The molecule has 1 nitrogen and oxygen atoms in total. The van der Waals surface area contributed by atoms with Crippen molar-refractivity contribution >= 4 is 15.9 Å². The van der Waals surface area contributed by atoms with Gasteiger partial charge in [-0.05, 0) is 40.8 Å². The predicted molar refractivity (Wildman–Crippen MR) is 67.7 cm³/mol. The van der Waals surface area contributed by atoms with Crippen molar-refractivity contribution in [2.75, 3.05) is 6.54 Å². The molecule has 0 aromatic heterocycles. The molecule has 0 unspecified atom stereocenters. The van der Waals surface area contributed by atoms with Gasteiger partial charge < -0.3 is 4.90 Å². The SMILES string of the molecule is BrC1=CCCCCN1Cc1ccccc1. The smallest absolute Gasteiger partial charge is 0.0768 e. The molecule has 2 rings (SSSR count). The minimum atomic E-state index is 1.01. The summed E-state index contributed by atoms with van der Waals surface area (Å²) in [4.78, 5) is 2.41. The average Bonchev–Trinajstić information content (AvgIpc) is 2.46. The fraction of sp³-hybridized carbons (Fsp3) is 0.385. The van der Waals surface area contributed by atoms with Gasteiger partial charge in [0.15, 0.2) is 0 Å². The van der Waals surface area contributed by atoms with Gasteiger partial charge in [0, 0.05) is 13.1 Å². The summed E-state index contributed by atoms with van der Waals surface area (Å²) in [6.07, 6.45) is 6.08. The molecule has 0 fully saturated rings. The van der Waals surface area contributed by atoms with Crippen LogP contribution >= 0.6 is 15.9 Å². The summed E-state index contributed by atoms with van der Waals surface area (Å²) >= 11 is 3.65. The molecule has 80 valence electrons. The number of halogens is 1. The molecule has 1 aliphatic rings. The number of allylic oxidation sites excluding steroid dienone is 1. The predicted octanol–water partition coefficient (Wildman–Crippen LogP) is 3.91. The lowest BCUT2D eigenvalue weighted by Gasteiger charge is -2.22. The van der Waals surface area contributed by atoms with Gasteiger partial charge in [0.05, 0.1) is 4.61 Å². The van der Waals surface area contributed by atoms with Crippen molar-refractivity contribution in [1.82, 2.24) is 4.90 Å². The molecule has 15 heavy (non-hydrogen) atoms. The van der Waals surface area contributed by atoms with Gasteiger partial charge in [-0.1, -0.05) is 36.4 Å². The third-order valence-corrected chi connectivity index (χ3v) is 3.54. The Morgan fingerprint density at radius 2 is 1.93 bits per heavy atom. The number of rotatable bonds is 2. The van der Waals surface area contributed by atoms with E-state index in [1.807, 2.05) is 0 Å². The quantitative estimate of drug-likeness (QED) is 0.733. The molecule has 0 bridgehead atoms. The Morgan fingerprint density at radius 1 is 1.13 bits per heavy atom. The van der Waals surface area contributed by atoms with Gasteiger partial charge in [-0.3, -0.25) is 0 Å². The van der Waals surface area contributed by atoms with Crippen LogP contribution in [-0.2, 0) is 6.54 Å². The molecule has 0 atom stereocenters. The van der Waals surface area contributed by atoms with E-state index in [4.69, 9.17) is 0 Å². The second-order valence-electron chi connectivity index (χ2n) is 3.93. The first-order valence-electron chi connectivity index (χ1n) is 5.51. The van der Waals surface area contributed by atoms with Crippen LogP contribution in [0.2, 0.25) is 0 Å². The molecule has 1 heterocycles. The van der Waals surface area contributed by atoms with E-state index in [-0.39, 0.29) is 0 Å². The van der Waals surface area contributed by atoms with E-state index in [9.17, 15) is 0 Å². The average molecular weight is 266 g/mol. The monoisotopic (exact) mass is 265 g/mol. The molecule has 2 heteroatoms. The largest absolute Gasteiger partial charge is 0.362 e. The first-order valence-corrected chi connectivity index (χ1v) is 6.30. The van der Waals surface area contributed by atoms with Crippen molar-refractivity contribution < 1.29 is 0 Å². The van der Waals surface area contributed by atoms with E-state index in [1.165, 1.54) is 29.4 Å². The van der Waals surface area contributed by atoms with Crippen LogP contribution in [0, 0.1) is 0 Å². The molecule has 0 saturated carbocycles. The summed E-state index contributed by atoms with van der Waals surface area (Å²) in [6, 6.07) is 10.6. The fourth-order valence-corrected chi connectivity index (χ4v) is 2.39. The van der Waals surface area contributed by atoms with Crippen LogP contribution in [0.15, 0.2) is 41.0 Å². The second-order valence-corrected chi connectivity index (χ2v) is 4.74. The van der Waals surface area contributed by atoms with Crippen LogP contribution in [0.25, 0.3) is 0 Å². The van der Waals surface area contributed by atoms with E-state index in [2.05, 4.69) is 57.2 Å². The van der Waals surface area contributed by atoms with Crippen LogP contribution in [-0.4, -0.2) is 11.4 Å². The first kappa shape index (κ1) is 10.7. The van der Waals surface area contributed by atoms with Crippen molar-refractivity contribution in [3.63, 3.8) is 0 Å². The maximum absolute atomic E-state index is 3.65. The third kappa shape index (κ3) is 3.10. The number of hydrogen-bond acceptors (Lipinski definition) is 1. The van der Waals surface area contributed by atoms with Crippen molar-refractivity contribution in [2.45, 2.75) is 25.8 Å². The number of hydrogen-bond donors (Lipinski definition) is 0. The highest BCUT2D eigenvalue weighted by Crippen LogP contribution is 2.21. The van der Waals surface area contributed by atoms with Gasteiger partial charge in [-0.15, -0.1) is 0 Å². The molecule has 0 N–H and O–H groups in total. The summed E-state index contributed by atoms with van der Waals surface area (Å²) in [5, 5.41) is 0. The van der Waals surface area contributed by atoms with E-state index in [0.29, 0.717) is 0 Å². The molecule has 0 saturated heterocycles. The van der Waals surface area contributed by atoms with Crippen LogP contribution in [0.3, 0.4) is 0 Å². The maximum atomic E-state index is 3.65. The summed E-state index contributed by atoms with van der Waals surface area (Å²) in [7, 11) is 0.